The summed E-state index contributed by atoms with van der Waals surface area (Å²) in [5, 5.41) is 6.48. The van der Waals surface area contributed by atoms with Crippen LogP contribution in [0.3, 0.4) is 0 Å². The molecule has 1 aliphatic heterocycles. The van der Waals surface area contributed by atoms with Gasteiger partial charge in [-0.2, -0.15) is 0 Å². The van der Waals surface area contributed by atoms with Crippen molar-refractivity contribution in [1.29, 1.82) is 0 Å². The van der Waals surface area contributed by atoms with Gasteiger partial charge in [0, 0.05) is 18.5 Å². The normalized spacial score (nSPS) is 18.8. The van der Waals surface area contributed by atoms with Crippen LogP contribution in [0, 0.1) is 11.8 Å². The second kappa shape index (κ2) is 8.54. The quantitative estimate of drug-likeness (QED) is 0.735. The van der Waals surface area contributed by atoms with E-state index in [9.17, 15) is 4.79 Å². The van der Waals surface area contributed by atoms with Crippen molar-refractivity contribution in [3.8, 4) is 0 Å². The fourth-order valence-electron chi connectivity index (χ4n) is 3.04. The average Bonchev–Trinajstić information content (AvgIpc) is 2.43. The van der Waals surface area contributed by atoms with Crippen LogP contribution < -0.4 is 10.6 Å². The Morgan fingerprint density at radius 1 is 1.26 bits per heavy atom. The number of rotatable bonds is 7. The molecule has 19 heavy (non-hydrogen) atoms. The summed E-state index contributed by atoms with van der Waals surface area (Å²) in [5.41, 5.74) is 0. The minimum Gasteiger partial charge on any atom is -0.354 e. The first kappa shape index (κ1) is 16.4. The van der Waals surface area contributed by atoms with Crippen LogP contribution in [0.15, 0.2) is 0 Å². The van der Waals surface area contributed by atoms with Crippen molar-refractivity contribution < 1.29 is 4.79 Å². The molecule has 0 spiro atoms. The van der Waals surface area contributed by atoms with Gasteiger partial charge >= 0.3 is 0 Å². The third-order valence-electron chi connectivity index (χ3n) is 4.45. The predicted molar refractivity (Wildman–Crippen MR) is 80.2 cm³/mol. The number of hydrogen-bond donors (Lipinski definition) is 2. The summed E-state index contributed by atoms with van der Waals surface area (Å²) in [6.45, 7) is 7.20. The van der Waals surface area contributed by atoms with Gasteiger partial charge in [-0.05, 0) is 45.9 Å². The molecule has 0 bridgehead atoms. The molecule has 4 nitrogen and oxygen atoms in total. The van der Waals surface area contributed by atoms with E-state index in [0.717, 1.165) is 32.5 Å². The summed E-state index contributed by atoms with van der Waals surface area (Å²) in [6.07, 6.45) is 4.29. The van der Waals surface area contributed by atoms with Gasteiger partial charge in [0.15, 0.2) is 0 Å². The van der Waals surface area contributed by atoms with Gasteiger partial charge in [0.2, 0.25) is 5.91 Å². The maximum absolute atomic E-state index is 12.2. The molecule has 0 aromatic heterocycles. The molecule has 1 saturated heterocycles. The van der Waals surface area contributed by atoms with Crippen LogP contribution in [0.2, 0.25) is 0 Å². The van der Waals surface area contributed by atoms with Crippen molar-refractivity contribution in [3.63, 3.8) is 0 Å². The molecule has 1 atom stereocenters. The number of likely N-dealkylation sites (N-methyl/N-ethyl adjacent to an activating group) is 1. The molecule has 1 amide bonds. The van der Waals surface area contributed by atoms with Gasteiger partial charge in [-0.3, -0.25) is 4.79 Å². The molecule has 0 aromatic rings. The highest BCUT2D eigenvalue weighted by Crippen LogP contribution is 2.17. The van der Waals surface area contributed by atoms with Crippen molar-refractivity contribution in [1.82, 2.24) is 15.5 Å². The third kappa shape index (κ3) is 5.11. The lowest BCUT2D eigenvalue weighted by Gasteiger charge is -2.32. The van der Waals surface area contributed by atoms with E-state index in [1.54, 1.807) is 0 Å². The molecule has 0 aliphatic carbocycles. The summed E-state index contributed by atoms with van der Waals surface area (Å²) < 4.78 is 0. The fraction of sp³-hybridized carbons (Fsp3) is 0.933. The van der Waals surface area contributed by atoms with Gasteiger partial charge in [-0.25, -0.2) is 0 Å². The van der Waals surface area contributed by atoms with E-state index < -0.39 is 0 Å². The maximum Gasteiger partial charge on any atom is 0.223 e. The number of amides is 1. The minimum atomic E-state index is 0.214. The Kier molecular flexibility index (Phi) is 7.39. The molecular formula is C15H31N3O. The lowest BCUT2D eigenvalue weighted by molar-refractivity contribution is -0.126. The molecule has 4 heteroatoms. The molecule has 1 fully saturated rings. The summed E-state index contributed by atoms with van der Waals surface area (Å²) in [4.78, 5) is 14.4. The topological polar surface area (TPSA) is 44.4 Å². The first-order chi connectivity index (χ1) is 9.10. The Morgan fingerprint density at radius 2 is 1.84 bits per heavy atom. The first-order valence-electron chi connectivity index (χ1n) is 7.74. The Labute approximate surface area is 118 Å². The van der Waals surface area contributed by atoms with Crippen molar-refractivity contribution in [3.05, 3.63) is 0 Å². The largest absolute Gasteiger partial charge is 0.354 e. The van der Waals surface area contributed by atoms with E-state index in [0.29, 0.717) is 12.0 Å². The lowest BCUT2D eigenvalue weighted by atomic mass is 9.92. The van der Waals surface area contributed by atoms with E-state index >= 15 is 0 Å². The molecular weight excluding hydrogens is 238 g/mol. The zero-order chi connectivity index (χ0) is 14.3. The van der Waals surface area contributed by atoms with Crippen LogP contribution in [0.5, 0.6) is 0 Å². The number of nitrogens with one attached hydrogen (secondary N) is 2. The third-order valence-corrected chi connectivity index (χ3v) is 4.45. The van der Waals surface area contributed by atoms with E-state index in [2.05, 4.69) is 43.5 Å². The Bertz CT molecular complexity index is 258. The molecule has 1 rings (SSSR count). The van der Waals surface area contributed by atoms with Gasteiger partial charge in [-0.1, -0.05) is 26.7 Å². The van der Waals surface area contributed by atoms with Gasteiger partial charge in [0.05, 0.1) is 0 Å². The van der Waals surface area contributed by atoms with Crippen LogP contribution in [0.1, 0.15) is 39.5 Å². The summed E-state index contributed by atoms with van der Waals surface area (Å²) >= 11 is 0. The Hall–Kier alpha value is -0.610. The molecule has 1 aliphatic rings. The van der Waals surface area contributed by atoms with Crippen molar-refractivity contribution >= 4 is 5.91 Å². The van der Waals surface area contributed by atoms with Crippen LogP contribution in [0.25, 0.3) is 0 Å². The molecule has 1 unspecified atom stereocenters. The van der Waals surface area contributed by atoms with Gasteiger partial charge < -0.3 is 15.5 Å². The minimum absolute atomic E-state index is 0.214. The van der Waals surface area contributed by atoms with Gasteiger partial charge in [0.1, 0.15) is 0 Å². The Balaban J connectivity index is 2.44. The van der Waals surface area contributed by atoms with Gasteiger partial charge in [0.25, 0.3) is 0 Å². The second-order valence-electron chi connectivity index (χ2n) is 5.88. The highest BCUT2D eigenvalue weighted by Gasteiger charge is 2.24. The second-order valence-corrected chi connectivity index (χ2v) is 5.88. The number of nitrogens with zero attached hydrogens (tertiary/aromatic N) is 1. The SMILES string of the molecule is CCC(CC)C(CNC(=O)C1CCNCC1)N(C)C. The van der Waals surface area contributed by atoms with E-state index in [-0.39, 0.29) is 11.8 Å². The monoisotopic (exact) mass is 269 g/mol. The first-order valence-corrected chi connectivity index (χ1v) is 7.74. The summed E-state index contributed by atoms with van der Waals surface area (Å²) in [7, 11) is 4.22. The molecule has 0 aromatic carbocycles. The van der Waals surface area contributed by atoms with Crippen molar-refractivity contribution in [2.75, 3.05) is 33.7 Å². The molecule has 112 valence electrons. The molecule has 1 heterocycles. The number of piperidine rings is 1. The molecule has 0 radical (unpaired) electrons. The average molecular weight is 269 g/mol. The van der Waals surface area contributed by atoms with Crippen molar-refractivity contribution in [2.24, 2.45) is 11.8 Å². The summed E-state index contributed by atoms with van der Waals surface area (Å²) in [6, 6.07) is 0.445. The summed E-state index contributed by atoms with van der Waals surface area (Å²) in [5.74, 6) is 1.12. The fourth-order valence-corrected chi connectivity index (χ4v) is 3.04. The van der Waals surface area contributed by atoms with Crippen LogP contribution in [-0.2, 0) is 4.79 Å². The maximum atomic E-state index is 12.2. The van der Waals surface area contributed by atoms with Gasteiger partial charge in [-0.15, -0.1) is 0 Å². The van der Waals surface area contributed by atoms with Crippen LogP contribution in [0.4, 0.5) is 0 Å². The van der Waals surface area contributed by atoms with E-state index in [4.69, 9.17) is 0 Å². The highest BCUT2D eigenvalue weighted by molar-refractivity contribution is 5.78. The molecule has 0 saturated carbocycles. The predicted octanol–water partition coefficient (Wildman–Crippen LogP) is 1.47. The van der Waals surface area contributed by atoms with Crippen LogP contribution >= 0.6 is 0 Å². The smallest absolute Gasteiger partial charge is 0.223 e. The number of carbonyl (C=O) groups is 1. The Morgan fingerprint density at radius 3 is 2.32 bits per heavy atom. The van der Waals surface area contributed by atoms with E-state index in [1.165, 1.54) is 12.8 Å². The number of carbonyl (C=O) groups excluding carboxylic acids is 1. The standard InChI is InChI=1S/C15H31N3O/c1-5-12(6-2)14(18(3)4)11-17-15(19)13-7-9-16-10-8-13/h12-14,16H,5-11H2,1-4H3,(H,17,19). The molecule has 2 N–H and O–H groups in total. The lowest BCUT2D eigenvalue weighted by Crippen LogP contribution is -2.47. The highest BCUT2D eigenvalue weighted by atomic mass is 16.1. The zero-order valence-corrected chi connectivity index (χ0v) is 13.0. The van der Waals surface area contributed by atoms with Crippen molar-refractivity contribution in [2.45, 2.75) is 45.6 Å². The number of hydrogen-bond acceptors (Lipinski definition) is 3. The van der Waals surface area contributed by atoms with E-state index in [1.807, 2.05) is 0 Å². The zero-order valence-electron chi connectivity index (χ0n) is 13.0. The van der Waals surface area contributed by atoms with Crippen LogP contribution in [-0.4, -0.2) is 50.6 Å².